The Kier molecular flexibility index (Phi) is 2.25. The van der Waals surface area contributed by atoms with Crippen LogP contribution in [0.5, 0.6) is 0 Å². The highest BCUT2D eigenvalue weighted by atomic mass is 35.5. The minimum absolute atomic E-state index is 0.245. The van der Waals surface area contributed by atoms with Gasteiger partial charge in [-0.25, -0.2) is 9.78 Å². The van der Waals surface area contributed by atoms with Gasteiger partial charge in [0.1, 0.15) is 5.54 Å². The van der Waals surface area contributed by atoms with Gasteiger partial charge in [0, 0.05) is 23.6 Å². The minimum atomic E-state index is -1.18. The van der Waals surface area contributed by atoms with Crippen LogP contribution < -0.4 is 16.2 Å². The SMILES string of the molecule is O=C1NC(=O)C2(CCn3c(=O)cnc4cc(Cl)cc2c43)N1. The quantitative estimate of drug-likeness (QED) is 0.693. The maximum atomic E-state index is 12.3. The van der Waals surface area contributed by atoms with Crippen molar-refractivity contribution < 1.29 is 9.59 Å². The molecule has 2 aliphatic rings. The van der Waals surface area contributed by atoms with Crippen LogP contribution in [0.2, 0.25) is 5.02 Å². The number of halogens is 1. The Balaban J connectivity index is 2.15. The molecule has 8 heteroatoms. The van der Waals surface area contributed by atoms with Gasteiger partial charge < -0.3 is 9.88 Å². The largest absolute Gasteiger partial charge is 0.322 e. The zero-order valence-electron chi connectivity index (χ0n) is 10.6. The van der Waals surface area contributed by atoms with Crippen LogP contribution in [0.15, 0.2) is 23.1 Å². The van der Waals surface area contributed by atoms with E-state index in [0.717, 1.165) is 0 Å². The summed E-state index contributed by atoms with van der Waals surface area (Å²) in [7, 11) is 0. The number of hydrogen-bond acceptors (Lipinski definition) is 4. The van der Waals surface area contributed by atoms with E-state index in [1.54, 1.807) is 16.7 Å². The molecule has 3 amide bonds. The van der Waals surface area contributed by atoms with Gasteiger partial charge in [-0.3, -0.25) is 14.9 Å². The van der Waals surface area contributed by atoms with Gasteiger partial charge in [0.15, 0.2) is 0 Å². The molecule has 0 aliphatic carbocycles. The predicted molar refractivity (Wildman–Crippen MR) is 74.0 cm³/mol. The number of aromatic nitrogens is 2. The Morgan fingerprint density at radius 2 is 2.10 bits per heavy atom. The number of nitrogens with zero attached hydrogens (tertiary/aromatic N) is 2. The number of carbonyl (C=O) groups is 2. The number of hydrogen-bond donors (Lipinski definition) is 2. The van der Waals surface area contributed by atoms with Crippen molar-refractivity contribution in [1.82, 2.24) is 20.2 Å². The van der Waals surface area contributed by atoms with E-state index < -0.39 is 17.5 Å². The fourth-order valence-electron chi connectivity index (χ4n) is 3.09. The van der Waals surface area contributed by atoms with Crippen LogP contribution in [0.4, 0.5) is 4.79 Å². The number of aryl methyl sites for hydroxylation is 1. The van der Waals surface area contributed by atoms with E-state index in [2.05, 4.69) is 15.6 Å². The van der Waals surface area contributed by atoms with Crippen molar-refractivity contribution >= 4 is 34.6 Å². The molecule has 1 atom stereocenters. The van der Waals surface area contributed by atoms with E-state index in [1.165, 1.54) is 6.20 Å². The second-order valence-electron chi connectivity index (χ2n) is 5.13. The van der Waals surface area contributed by atoms with E-state index in [4.69, 9.17) is 11.6 Å². The molecule has 1 aromatic carbocycles. The molecule has 3 heterocycles. The Morgan fingerprint density at radius 1 is 1.29 bits per heavy atom. The highest BCUT2D eigenvalue weighted by molar-refractivity contribution is 6.31. The molecule has 21 heavy (non-hydrogen) atoms. The predicted octanol–water partition coefficient (Wildman–Crippen LogP) is 0.488. The van der Waals surface area contributed by atoms with Crippen molar-refractivity contribution in [2.75, 3.05) is 0 Å². The topological polar surface area (TPSA) is 93.1 Å². The average molecular weight is 305 g/mol. The fourth-order valence-corrected chi connectivity index (χ4v) is 3.30. The third-order valence-corrected chi connectivity index (χ3v) is 4.23. The molecule has 0 radical (unpaired) electrons. The number of carbonyl (C=O) groups excluding carboxylic acids is 2. The van der Waals surface area contributed by atoms with Gasteiger partial charge >= 0.3 is 6.03 Å². The Labute approximate surface area is 122 Å². The van der Waals surface area contributed by atoms with Crippen LogP contribution in [0.25, 0.3) is 11.0 Å². The lowest BCUT2D eigenvalue weighted by Gasteiger charge is -2.33. The number of benzene rings is 1. The summed E-state index contributed by atoms with van der Waals surface area (Å²) in [5, 5.41) is 5.30. The lowest BCUT2D eigenvalue weighted by atomic mass is 9.83. The molecular formula is C13H9ClN4O3. The third kappa shape index (κ3) is 1.49. The van der Waals surface area contributed by atoms with E-state index in [1.807, 2.05) is 0 Å². The number of fused-ring (bicyclic) bond motifs is 1. The standard InChI is InChI=1S/C13H9ClN4O3/c14-6-3-7-10-8(4-6)15-5-9(19)18(10)2-1-13(7)11(20)16-12(21)17-13/h3-5H,1-2H2,(H2,16,17,20,21). The summed E-state index contributed by atoms with van der Waals surface area (Å²) in [4.78, 5) is 39.9. The van der Waals surface area contributed by atoms with Crippen molar-refractivity contribution in [2.45, 2.75) is 18.5 Å². The first kappa shape index (κ1) is 12.3. The molecule has 1 aromatic heterocycles. The summed E-state index contributed by atoms with van der Waals surface area (Å²) in [6.45, 7) is 0.320. The van der Waals surface area contributed by atoms with Crippen LogP contribution in [-0.2, 0) is 16.9 Å². The summed E-state index contributed by atoms with van der Waals surface area (Å²) in [5.41, 5.74) is 0.131. The van der Waals surface area contributed by atoms with Crippen LogP contribution in [-0.4, -0.2) is 21.5 Å². The number of urea groups is 1. The first-order valence-corrected chi connectivity index (χ1v) is 6.72. The monoisotopic (exact) mass is 304 g/mol. The molecule has 1 saturated heterocycles. The van der Waals surface area contributed by atoms with Gasteiger partial charge in [-0.2, -0.15) is 0 Å². The summed E-state index contributed by atoms with van der Waals surface area (Å²) in [6, 6.07) is 2.68. The molecule has 2 N–H and O–H groups in total. The van der Waals surface area contributed by atoms with Gasteiger partial charge in [-0.05, 0) is 12.1 Å². The average Bonchev–Trinajstić information content (AvgIpc) is 2.71. The van der Waals surface area contributed by atoms with E-state index >= 15 is 0 Å². The van der Waals surface area contributed by atoms with E-state index in [9.17, 15) is 14.4 Å². The molecule has 2 aromatic rings. The van der Waals surface area contributed by atoms with Gasteiger partial charge in [-0.1, -0.05) is 11.6 Å². The molecular weight excluding hydrogens is 296 g/mol. The highest BCUT2D eigenvalue weighted by Gasteiger charge is 2.50. The molecule has 106 valence electrons. The smallest absolute Gasteiger partial charge is 0.319 e. The second-order valence-corrected chi connectivity index (χ2v) is 5.57. The van der Waals surface area contributed by atoms with Gasteiger partial charge in [-0.15, -0.1) is 0 Å². The van der Waals surface area contributed by atoms with E-state index in [0.29, 0.717) is 28.2 Å². The molecule has 0 bridgehead atoms. The summed E-state index contributed by atoms with van der Waals surface area (Å²) < 4.78 is 1.55. The molecule has 0 saturated carbocycles. The molecule has 1 fully saturated rings. The van der Waals surface area contributed by atoms with Crippen LogP contribution >= 0.6 is 11.6 Å². The van der Waals surface area contributed by atoms with Crippen molar-refractivity contribution in [3.05, 3.63) is 39.3 Å². The first-order valence-electron chi connectivity index (χ1n) is 6.34. The van der Waals surface area contributed by atoms with Gasteiger partial charge in [0.2, 0.25) is 0 Å². The lowest BCUT2D eigenvalue weighted by molar-refractivity contribution is -0.124. The van der Waals surface area contributed by atoms with Crippen molar-refractivity contribution in [3.63, 3.8) is 0 Å². The van der Waals surface area contributed by atoms with Gasteiger partial charge in [0.25, 0.3) is 11.5 Å². The second kappa shape index (κ2) is 3.82. The van der Waals surface area contributed by atoms with Crippen LogP contribution in [0.3, 0.4) is 0 Å². The Hall–Kier alpha value is -2.41. The van der Waals surface area contributed by atoms with Crippen molar-refractivity contribution in [2.24, 2.45) is 0 Å². The van der Waals surface area contributed by atoms with Gasteiger partial charge in [0.05, 0.1) is 17.2 Å². The molecule has 1 unspecified atom stereocenters. The number of nitrogens with one attached hydrogen (secondary N) is 2. The summed E-state index contributed by atoms with van der Waals surface area (Å²) in [6.07, 6.45) is 1.52. The molecule has 7 nitrogen and oxygen atoms in total. The first-order chi connectivity index (χ1) is 10.0. The molecule has 2 aliphatic heterocycles. The zero-order valence-corrected chi connectivity index (χ0v) is 11.4. The number of rotatable bonds is 0. The maximum Gasteiger partial charge on any atom is 0.322 e. The summed E-state index contributed by atoms with van der Waals surface area (Å²) in [5.74, 6) is -0.432. The Bertz CT molecular complexity index is 891. The third-order valence-electron chi connectivity index (χ3n) is 4.02. The summed E-state index contributed by atoms with van der Waals surface area (Å²) >= 11 is 6.09. The number of imide groups is 1. The fraction of sp³-hybridized carbons (Fsp3) is 0.231. The number of amides is 3. The highest BCUT2D eigenvalue weighted by Crippen LogP contribution is 2.38. The molecule has 4 rings (SSSR count). The van der Waals surface area contributed by atoms with Crippen LogP contribution in [0.1, 0.15) is 12.0 Å². The minimum Gasteiger partial charge on any atom is -0.319 e. The zero-order chi connectivity index (χ0) is 14.8. The maximum absolute atomic E-state index is 12.3. The Morgan fingerprint density at radius 3 is 2.81 bits per heavy atom. The van der Waals surface area contributed by atoms with Crippen LogP contribution in [0, 0.1) is 0 Å². The van der Waals surface area contributed by atoms with E-state index in [-0.39, 0.29) is 12.0 Å². The van der Waals surface area contributed by atoms with Crippen molar-refractivity contribution in [1.29, 1.82) is 0 Å². The van der Waals surface area contributed by atoms with Crippen molar-refractivity contribution in [3.8, 4) is 0 Å². The molecule has 1 spiro atoms. The lowest BCUT2D eigenvalue weighted by Crippen LogP contribution is -2.48. The normalized spacial score (nSPS) is 23.5.